The van der Waals surface area contributed by atoms with E-state index in [0.29, 0.717) is 17.4 Å². The molecule has 0 aliphatic carbocycles. The number of rotatable bonds is 9. The molecule has 0 saturated heterocycles. The van der Waals surface area contributed by atoms with Crippen LogP contribution >= 0.6 is 11.6 Å². The zero-order valence-corrected chi connectivity index (χ0v) is 18.2. The van der Waals surface area contributed by atoms with E-state index in [1.807, 2.05) is 30.5 Å². The molecule has 2 aromatic carbocycles. The molecule has 0 aliphatic rings. The maximum absolute atomic E-state index is 6.41. The van der Waals surface area contributed by atoms with Crippen molar-refractivity contribution >= 4 is 11.6 Å². The molecule has 1 aromatic heterocycles. The highest BCUT2D eigenvalue weighted by molar-refractivity contribution is 6.32. The Morgan fingerprint density at radius 1 is 0.966 bits per heavy atom. The summed E-state index contributed by atoms with van der Waals surface area (Å²) in [5.74, 6) is 0.713. The highest BCUT2D eigenvalue weighted by Crippen LogP contribution is 2.35. The van der Waals surface area contributed by atoms with Gasteiger partial charge in [-0.3, -0.25) is 4.98 Å². The Bertz CT molecular complexity index is 938. The first-order valence-corrected chi connectivity index (χ1v) is 10.7. The second kappa shape index (κ2) is 10.4. The third-order valence-corrected chi connectivity index (χ3v) is 5.53. The minimum absolute atomic E-state index is 0.630. The van der Waals surface area contributed by atoms with Crippen LogP contribution in [-0.4, -0.2) is 36.1 Å². The summed E-state index contributed by atoms with van der Waals surface area (Å²) in [5.41, 5.74) is 5.47. The van der Waals surface area contributed by atoms with Crippen molar-refractivity contribution in [1.82, 2.24) is 9.88 Å². The Kier molecular flexibility index (Phi) is 7.68. The number of halogens is 1. The van der Waals surface area contributed by atoms with E-state index in [-0.39, 0.29) is 0 Å². The summed E-state index contributed by atoms with van der Waals surface area (Å²) in [5, 5.41) is 0.630. The largest absolute Gasteiger partial charge is 0.492 e. The van der Waals surface area contributed by atoms with E-state index in [0.717, 1.165) is 42.9 Å². The van der Waals surface area contributed by atoms with Gasteiger partial charge < -0.3 is 9.64 Å². The van der Waals surface area contributed by atoms with E-state index in [9.17, 15) is 0 Å². The number of hydrogen-bond acceptors (Lipinski definition) is 3. The highest BCUT2D eigenvalue weighted by atomic mass is 35.5. The first-order chi connectivity index (χ1) is 14.1. The lowest BCUT2D eigenvalue weighted by molar-refractivity contribution is 0.249. The van der Waals surface area contributed by atoms with Gasteiger partial charge in [-0.05, 0) is 55.8 Å². The molecule has 0 unspecified atom stereocenters. The first-order valence-electron chi connectivity index (χ1n) is 10.3. The van der Waals surface area contributed by atoms with Crippen molar-refractivity contribution < 1.29 is 4.74 Å². The van der Waals surface area contributed by atoms with E-state index in [2.05, 4.69) is 61.0 Å². The smallest absolute Gasteiger partial charge is 0.138 e. The summed E-state index contributed by atoms with van der Waals surface area (Å²) in [6.45, 7) is 10.3. The number of aromatic nitrogens is 1. The fraction of sp³-hybridized carbons (Fsp3) is 0.320. The number of benzene rings is 2. The maximum atomic E-state index is 6.41. The number of pyridine rings is 1. The molecular formula is C25H29ClN2O. The minimum atomic E-state index is 0.630. The Balaban J connectivity index is 1.83. The molecule has 29 heavy (non-hydrogen) atoms. The molecule has 3 nitrogen and oxygen atoms in total. The number of aryl methyl sites for hydroxylation is 1. The topological polar surface area (TPSA) is 25.4 Å². The second-order valence-corrected chi connectivity index (χ2v) is 7.50. The van der Waals surface area contributed by atoms with Crippen LogP contribution in [0.15, 0.2) is 60.8 Å². The van der Waals surface area contributed by atoms with Crippen LogP contribution in [0.25, 0.3) is 22.4 Å². The van der Waals surface area contributed by atoms with Gasteiger partial charge in [0.15, 0.2) is 0 Å². The molecule has 0 saturated carbocycles. The normalized spacial score (nSPS) is 11.1. The molecule has 4 heteroatoms. The Labute approximate surface area is 179 Å². The molecular weight excluding hydrogens is 380 g/mol. The van der Waals surface area contributed by atoms with Crippen LogP contribution in [0, 0.1) is 6.92 Å². The van der Waals surface area contributed by atoms with Gasteiger partial charge in [-0.15, -0.1) is 0 Å². The minimum Gasteiger partial charge on any atom is -0.492 e. The van der Waals surface area contributed by atoms with Gasteiger partial charge in [0.25, 0.3) is 0 Å². The van der Waals surface area contributed by atoms with E-state index in [4.69, 9.17) is 16.3 Å². The Morgan fingerprint density at radius 3 is 2.48 bits per heavy atom. The van der Waals surface area contributed by atoms with E-state index in [1.54, 1.807) is 0 Å². The van der Waals surface area contributed by atoms with Gasteiger partial charge in [-0.1, -0.05) is 61.8 Å². The number of ether oxygens (including phenoxy) is 1. The van der Waals surface area contributed by atoms with Crippen LogP contribution in [0.4, 0.5) is 0 Å². The van der Waals surface area contributed by atoms with E-state index in [1.165, 1.54) is 11.1 Å². The van der Waals surface area contributed by atoms with Gasteiger partial charge in [0.2, 0.25) is 0 Å². The molecule has 0 aliphatic heterocycles. The van der Waals surface area contributed by atoms with Crippen molar-refractivity contribution in [1.29, 1.82) is 0 Å². The van der Waals surface area contributed by atoms with Crippen molar-refractivity contribution in [2.24, 2.45) is 0 Å². The molecule has 0 amide bonds. The molecule has 0 atom stereocenters. The SMILES string of the molecule is CCN(CC)CCCOc1cc(-c2ncccc2-c2ccccc2C)ccc1Cl. The zero-order valence-electron chi connectivity index (χ0n) is 17.5. The van der Waals surface area contributed by atoms with Gasteiger partial charge in [0.05, 0.1) is 17.3 Å². The summed E-state index contributed by atoms with van der Waals surface area (Å²) in [4.78, 5) is 7.07. The van der Waals surface area contributed by atoms with Gasteiger partial charge >= 0.3 is 0 Å². The van der Waals surface area contributed by atoms with Gasteiger partial charge in [-0.2, -0.15) is 0 Å². The van der Waals surface area contributed by atoms with Crippen molar-refractivity contribution in [3.63, 3.8) is 0 Å². The molecule has 152 valence electrons. The molecule has 0 radical (unpaired) electrons. The van der Waals surface area contributed by atoms with Crippen molar-refractivity contribution in [2.45, 2.75) is 27.2 Å². The molecule has 0 spiro atoms. The third-order valence-electron chi connectivity index (χ3n) is 5.22. The summed E-state index contributed by atoms with van der Waals surface area (Å²) in [6, 6.07) is 18.4. The number of nitrogens with zero attached hydrogens (tertiary/aromatic N) is 2. The quantitative estimate of drug-likeness (QED) is 0.378. The molecule has 0 N–H and O–H groups in total. The Hall–Kier alpha value is -2.36. The predicted octanol–water partition coefficient (Wildman–Crippen LogP) is 6.49. The van der Waals surface area contributed by atoms with E-state index >= 15 is 0 Å². The highest BCUT2D eigenvalue weighted by Gasteiger charge is 2.13. The summed E-state index contributed by atoms with van der Waals surface area (Å²) >= 11 is 6.41. The fourth-order valence-corrected chi connectivity index (χ4v) is 3.67. The van der Waals surface area contributed by atoms with Gasteiger partial charge in [0, 0.05) is 23.9 Å². The number of hydrogen-bond donors (Lipinski definition) is 0. The fourth-order valence-electron chi connectivity index (χ4n) is 3.50. The maximum Gasteiger partial charge on any atom is 0.138 e. The predicted molar refractivity (Wildman–Crippen MR) is 123 cm³/mol. The lowest BCUT2D eigenvalue weighted by atomic mass is 9.96. The first kappa shape index (κ1) is 21.4. The standard InChI is InChI=1S/C25H29ClN2O/c1-4-28(5-2)16-9-17-29-24-18-20(13-14-23(24)26)25-22(12-8-15-27-25)21-11-7-6-10-19(21)3/h6-8,10-15,18H,4-5,9,16-17H2,1-3H3. The zero-order chi connectivity index (χ0) is 20.6. The summed E-state index contributed by atoms with van der Waals surface area (Å²) in [6.07, 6.45) is 2.80. The Morgan fingerprint density at radius 2 is 1.72 bits per heavy atom. The molecule has 3 aromatic rings. The van der Waals surface area contributed by atoms with Crippen LogP contribution < -0.4 is 4.74 Å². The molecule has 3 rings (SSSR count). The molecule has 0 fully saturated rings. The lowest BCUT2D eigenvalue weighted by Gasteiger charge is -2.18. The van der Waals surface area contributed by atoms with Crippen molar-refractivity contribution in [2.75, 3.05) is 26.2 Å². The van der Waals surface area contributed by atoms with Crippen LogP contribution in [0.2, 0.25) is 5.02 Å². The lowest BCUT2D eigenvalue weighted by Crippen LogP contribution is -2.25. The van der Waals surface area contributed by atoms with Crippen LogP contribution in [-0.2, 0) is 0 Å². The molecule has 0 bridgehead atoms. The van der Waals surface area contributed by atoms with Crippen molar-refractivity contribution in [3.8, 4) is 28.1 Å². The van der Waals surface area contributed by atoms with Crippen LogP contribution in [0.3, 0.4) is 0 Å². The van der Waals surface area contributed by atoms with Gasteiger partial charge in [-0.25, -0.2) is 0 Å². The average Bonchev–Trinajstić information content (AvgIpc) is 2.75. The molecule has 1 heterocycles. The second-order valence-electron chi connectivity index (χ2n) is 7.09. The van der Waals surface area contributed by atoms with Gasteiger partial charge in [0.1, 0.15) is 5.75 Å². The monoisotopic (exact) mass is 408 g/mol. The average molecular weight is 409 g/mol. The summed E-state index contributed by atoms with van der Waals surface area (Å²) < 4.78 is 6.02. The third kappa shape index (κ3) is 5.37. The van der Waals surface area contributed by atoms with Crippen LogP contribution in [0.1, 0.15) is 25.8 Å². The summed E-state index contributed by atoms with van der Waals surface area (Å²) in [7, 11) is 0. The van der Waals surface area contributed by atoms with E-state index < -0.39 is 0 Å². The van der Waals surface area contributed by atoms with Crippen LogP contribution in [0.5, 0.6) is 5.75 Å². The van der Waals surface area contributed by atoms with Crippen molar-refractivity contribution in [3.05, 3.63) is 71.4 Å².